The maximum absolute atomic E-state index is 12.2. The molecule has 0 amide bonds. The number of benzene rings is 1. The summed E-state index contributed by atoms with van der Waals surface area (Å²) in [7, 11) is -3.49. The summed E-state index contributed by atoms with van der Waals surface area (Å²) >= 11 is 8.97. The second kappa shape index (κ2) is 6.89. The van der Waals surface area contributed by atoms with Gasteiger partial charge in [0.2, 0.25) is 10.0 Å². The smallest absolute Gasteiger partial charge is 0.208 e. The van der Waals surface area contributed by atoms with Gasteiger partial charge in [-0.15, -0.1) is 11.6 Å². The maximum atomic E-state index is 12.2. The molecule has 0 aromatic heterocycles. The summed E-state index contributed by atoms with van der Waals surface area (Å²) in [6.07, 6.45) is 0.618. The van der Waals surface area contributed by atoms with Gasteiger partial charge in [0.25, 0.3) is 0 Å². The first kappa shape index (κ1) is 16.0. The van der Waals surface area contributed by atoms with E-state index in [9.17, 15) is 8.42 Å². The molecule has 1 atom stereocenters. The molecule has 0 heterocycles. The minimum Gasteiger partial charge on any atom is -0.208 e. The summed E-state index contributed by atoms with van der Waals surface area (Å²) in [4.78, 5) is 0.261. The monoisotopic (exact) mass is 353 g/mol. The number of rotatable bonds is 6. The molecule has 1 aromatic carbocycles. The van der Waals surface area contributed by atoms with Crippen molar-refractivity contribution >= 4 is 37.6 Å². The molecule has 102 valence electrons. The Hall–Kier alpha value is -0.100. The van der Waals surface area contributed by atoms with Crippen LogP contribution in [-0.4, -0.2) is 20.3 Å². The topological polar surface area (TPSA) is 46.2 Å². The van der Waals surface area contributed by atoms with E-state index in [-0.39, 0.29) is 16.9 Å². The van der Waals surface area contributed by atoms with Crippen LogP contribution < -0.4 is 4.72 Å². The molecule has 0 aliphatic rings. The van der Waals surface area contributed by atoms with Gasteiger partial charge < -0.3 is 0 Å². The Morgan fingerprint density at radius 1 is 1.39 bits per heavy atom. The number of nitrogens with one attached hydrogen (secondary N) is 1. The fourth-order valence-electron chi connectivity index (χ4n) is 1.55. The summed E-state index contributed by atoms with van der Waals surface area (Å²) in [5, 5.41) is 0. The van der Waals surface area contributed by atoms with Gasteiger partial charge in [0.1, 0.15) is 0 Å². The highest BCUT2D eigenvalue weighted by Crippen LogP contribution is 2.18. The van der Waals surface area contributed by atoms with E-state index in [0.29, 0.717) is 12.3 Å². The molecule has 1 unspecified atom stereocenters. The quantitative estimate of drug-likeness (QED) is 0.796. The van der Waals surface area contributed by atoms with E-state index >= 15 is 0 Å². The summed E-state index contributed by atoms with van der Waals surface area (Å²) in [5.74, 6) is 0.634. The highest BCUT2D eigenvalue weighted by molar-refractivity contribution is 9.10. The number of hydrogen-bond donors (Lipinski definition) is 1. The van der Waals surface area contributed by atoms with Crippen molar-refractivity contribution in [2.75, 3.05) is 5.88 Å². The summed E-state index contributed by atoms with van der Waals surface area (Å²) in [6.45, 7) is 3.95. The first-order valence-corrected chi connectivity index (χ1v) is 8.51. The lowest BCUT2D eigenvalue weighted by atomic mass is 10.0. The molecule has 1 rings (SSSR count). The van der Waals surface area contributed by atoms with Gasteiger partial charge in [-0.2, -0.15) is 0 Å². The standard InChI is InChI=1S/C12H17BrClNO2S/c1-9(2)12(6-7-14)15-18(16,17)11-5-3-4-10(13)8-11/h3-5,8-9,12,15H,6-7H2,1-2H3. The van der Waals surface area contributed by atoms with Gasteiger partial charge in [0, 0.05) is 16.4 Å². The highest BCUT2D eigenvalue weighted by atomic mass is 79.9. The average molecular weight is 355 g/mol. The van der Waals surface area contributed by atoms with Crippen LogP contribution in [-0.2, 0) is 10.0 Å². The predicted molar refractivity (Wildman–Crippen MR) is 78.4 cm³/mol. The Kier molecular flexibility index (Phi) is 6.11. The van der Waals surface area contributed by atoms with Gasteiger partial charge in [-0.3, -0.25) is 0 Å². The Labute approximate surface area is 122 Å². The van der Waals surface area contributed by atoms with E-state index in [0.717, 1.165) is 4.47 Å². The van der Waals surface area contributed by atoms with Gasteiger partial charge in [0.15, 0.2) is 0 Å². The van der Waals surface area contributed by atoms with E-state index in [1.807, 2.05) is 13.8 Å². The molecule has 18 heavy (non-hydrogen) atoms. The SMILES string of the molecule is CC(C)C(CCCl)NS(=O)(=O)c1cccc(Br)c1. The molecule has 0 radical (unpaired) electrons. The lowest BCUT2D eigenvalue weighted by Crippen LogP contribution is -2.38. The van der Waals surface area contributed by atoms with Crippen molar-refractivity contribution in [3.63, 3.8) is 0 Å². The zero-order valence-electron chi connectivity index (χ0n) is 10.4. The molecule has 0 saturated carbocycles. The van der Waals surface area contributed by atoms with E-state index in [1.165, 1.54) is 0 Å². The van der Waals surface area contributed by atoms with Crippen molar-refractivity contribution in [1.29, 1.82) is 0 Å². The van der Waals surface area contributed by atoms with Crippen LogP contribution in [0.5, 0.6) is 0 Å². The van der Waals surface area contributed by atoms with Crippen LogP contribution in [0.1, 0.15) is 20.3 Å². The first-order chi connectivity index (χ1) is 8.36. The lowest BCUT2D eigenvalue weighted by Gasteiger charge is -2.21. The Balaban J connectivity index is 2.93. The second-order valence-corrected chi connectivity index (χ2v) is 7.41. The van der Waals surface area contributed by atoms with Gasteiger partial charge in [-0.1, -0.05) is 35.8 Å². The van der Waals surface area contributed by atoms with Crippen molar-refractivity contribution in [3.8, 4) is 0 Å². The van der Waals surface area contributed by atoms with Crippen LogP contribution in [0.15, 0.2) is 33.6 Å². The fraction of sp³-hybridized carbons (Fsp3) is 0.500. The average Bonchev–Trinajstić information content (AvgIpc) is 2.28. The molecule has 0 fully saturated rings. The number of sulfonamides is 1. The van der Waals surface area contributed by atoms with Gasteiger partial charge >= 0.3 is 0 Å². The summed E-state index contributed by atoms with van der Waals surface area (Å²) in [5.41, 5.74) is 0. The lowest BCUT2D eigenvalue weighted by molar-refractivity contribution is 0.439. The normalized spacial score (nSPS) is 13.8. The molecule has 0 aliphatic carbocycles. The minimum atomic E-state index is -3.49. The van der Waals surface area contributed by atoms with E-state index in [1.54, 1.807) is 24.3 Å². The molecular formula is C12H17BrClNO2S. The highest BCUT2D eigenvalue weighted by Gasteiger charge is 2.22. The second-order valence-electron chi connectivity index (χ2n) is 4.41. The third-order valence-electron chi connectivity index (χ3n) is 2.64. The van der Waals surface area contributed by atoms with E-state index in [4.69, 9.17) is 11.6 Å². The van der Waals surface area contributed by atoms with Gasteiger partial charge in [0.05, 0.1) is 4.90 Å². The van der Waals surface area contributed by atoms with Crippen molar-refractivity contribution < 1.29 is 8.42 Å². The summed E-state index contributed by atoms with van der Waals surface area (Å²) < 4.78 is 27.8. The van der Waals surface area contributed by atoms with E-state index < -0.39 is 10.0 Å². The number of halogens is 2. The molecule has 0 saturated heterocycles. The van der Waals surface area contributed by atoms with Crippen LogP contribution in [0.25, 0.3) is 0 Å². The first-order valence-electron chi connectivity index (χ1n) is 5.70. The van der Waals surface area contributed by atoms with Crippen LogP contribution in [0.4, 0.5) is 0 Å². The molecule has 6 heteroatoms. The Morgan fingerprint density at radius 3 is 2.56 bits per heavy atom. The van der Waals surface area contributed by atoms with Crippen molar-refractivity contribution in [3.05, 3.63) is 28.7 Å². The molecule has 1 aromatic rings. The molecule has 3 nitrogen and oxygen atoms in total. The van der Waals surface area contributed by atoms with Crippen LogP contribution >= 0.6 is 27.5 Å². The Morgan fingerprint density at radius 2 is 2.06 bits per heavy atom. The molecular weight excluding hydrogens is 338 g/mol. The zero-order chi connectivity index (χ0) is 13.8. The largest absolute Gasteiger partial charge is 0.240 e. The van der Waals surface area contributed by atoms with Crippen LogP contribution in [0.3, 0.4) is 0 Å². The summed E-state index contributed by atoms with van der Waals surface area (Å²) in [6, 6.07) is 6.50. The molecule has 0 aliphatic heterocycles. The molecule has 1 N–H and O–H groups in total. The van der Waals surface area contributed by atoms with Gasteiger partial charge in [-0.05, 0) is 30.5 Å². The van der Waals surface area contributed by atoms with Crippen molar-refractivity contribution in [2.45, 2.75) is 31.2 Å². The molecule has 0 bridgehead atoms. The minimum absolute atomic E-state index is 0.147. The fourth-order valence-corrected chi connectivity index (χ4v) is 3.80. The maximum Gasteiger partial charge on any atom is 0.240 e. The third kappa shape index (κ3) is 4.53. The Bertz CT molecular complexity index is 491. The molecule has 0 spiro atoms. The van der Waals surface area contributed by atoms with E-state index in [2.05, 4.69) is 20.7 Å². The number of alkyl halides is 1. The predicted octanol–water partition coefficient (Wildman–Crippen LogP) is 3.38. The van der Waals surface area contributed by atoms with Crippen LogP contribution in [0.2, 0.25) is 0 Å². The van der Waals surface area contributed by atoms with Crippen molar-refractivity contribution in [1.82, 2.24) is 4.72 Å². The van der Waals surface area contributed by atoms with Crippen molar-refractivity contribution in [2.24, 2.45) is 5.92 Å². The third-order valence-corrected chi connectivity index (χ3v) is 4.84. The number of hydrogen-bond acceptors (Lipinski definition) is 2. The van der Waals surface area contributed by atoms with Crippen LogP contribution in [0, 0.1) is 5.92 Å². The van der Waals surface area contributed by atoms with Gasteiger partial charge in [-0.25, -0.2) is 13.1 Å². The zero-order valence-corrected chi connectivity index (χ0v) is 13.5.